The van der Waals surface area contributed by atoms with Crippen molar-refractivity contribution in [1.29, 1.82) is 5.26 Å². The molecule has 0 saturated carbocycles. The fourth-order valence-corrected chi connectivity index (χ4v) is 5.51. The monoisotopic (exact) mass is 479 g/mol. The average Bonchev–Trinajstić information content (AvgIpc) is 3.24. The van der Waals surface area contributed by atoms with Gasteiger partial charge in [0.15, 0.2) is 11.2 Å². The Bertz CT molecular complexity index is 1440. The quantitative estimate of drug-likeness (QED) is 0.229. The van der Waals surface area contributed by atoms with E-state index in [9.17, 15) is 25.0 Å². The highest BCUT2D eigenvalue weighted by molar-refractivity contribution is 6.06. The third-order valence-electron chi connectivity index (χ3n) is 7.02. The number of non-ortho nitro benzene ring substituents is 1. The molecule has 0 spiro atoms. The summed E-state index contributed by atoms with van der Waals surface area (Å²) in [6.45, 7) is 0. The second-order valence-corrected chi connectivity index (χ2v) is 8.75. The number of nitro benzene ring substituents is 1. The van der Waals surface area contributed by atoms with Gasteiger partial charge in [-0.3, -0.25) is 19.7 Å². The number of para-hydroxylation sites is 1. The number of esters is 1. The lowest BCUT2D eigenvalue weighted by molar-refractivity contribution is -0.384. The zero-order chi connectivity index (χ0) is 25.4. The highest BCUT2D eigenvalue weighted by atomic mass is 16.6. The maximum Gasteiger partial charge on any atom is 0.329 e. The summed E-state index contributed by atoms with van der Waals surface area (Å²) in [7, 11) is 1.23. The van der Waals surface area contributed by atoms with E-state index in [2.05, 4.69) is 6.07 Å². The van der Waals surface area contributed by atoms with Gasteiger partial charge in [-0.2, -0.15) is 5.26 Å². The van der Waals surface area contributed by atoms with E-state index >= 15 is 0 Å². The Hall–Kier alpha value is -4.77. The Morgan fingerprint density at radius 3 is 2.47 bits per heavy atom. The van der Waals surface area contributed by atoms with Crippen LogP contribution in [0.15, 0.2) is 84.9 Å². The van der Waals surface area contributed by atoms with Crippen molar-refractivity contribution in [2.75, 3.05) is 12.0 Å². The van der Waals surface area contributed by atoms with Crippen LogP contribution >= 0.6 is 0 Å². The number of hydrogen-bond acceptors (Lipinski definition) is 7. The Morgan fingerprint density at radius 2 is 1.78 bits per heavy atom. The molecule has 178 valence electrons. The number of benzene rings is 3. The van der Waals surface area contributed by atoms with Gasteiger partial charge in [0.2, 0.25) is 0 Å². The van der Waals surface area contributed by atoms with Gasteiger partial charge in [-0.05, 0) is 17.2 Å². The topological polar surface area (TPSA) is 114 Å². The smallest absolute Gasteiger partial charge is 0.329 e. The third kappa shape index (κ3) is 3.28. The van der Waals surface area contributed by atoms with Crippen LogP contribution in [0.4, 0.5) is 11.4 Å². The van der Waals surface area contributed by atoms with E-state index in [0.29, 0.717) is 11.3 Å². The minimum absolute atomic E-state index is 0.125. The molecular formula is C28H21N3O5. The summed E-state index contributed by atoms with van der Waals surface area (Å²) in [5, 5.41) is 22.0. The fourth-order valence-electron chi connectivity index (χ4n) is 5.51. The lowest BCUT2D eigenvalue weighted by atomic mass is 9.68. The van der Waals surface area contributed by atoms with E-state index < -0.39 is 40.1 Å². The Kier molecular flexibility index (Phi) is 5.61. The van der Waals surface area contributed by atoms with Crippen LogP contribution < -0.4 is 4.90 Å². The molecule has 0 radical (unpaired) electrons. The van der Waals surface area contributed by atoms with Crippen LogP contribution in [0.3, 0.4) is 0 Å². The van der Waals surface area contributed by atoms with Crippen molar-refractivity contribution in [3.8, 4) is 6.07 Å². The van der Waals surface area contributed by atoms with Crippen LogP contribution in [0.1, 0.15) is 27.4 Å². The molecule has 5 rings (SSSR count). The van der Waals surface area contributed by atoms with E-state index in [1.54, 1.807) is 35.2 Å². The van der Waals surface area contributed by atoms with Crippen LogP contribution in [-0.4, -0.2) is 35.9 Å². The second-order valence-electron chi connectivity index (χ2n) is 8.75. The van der Waals surface area contributed by atoms with E-state index in [4.69, 9.17) is 4.74 Å². The van der Waals surface area contributed by atoms with Gasteiger partial charge in [-0.1, -0.05) is 72.8 Å². The molecule has 2 aliphatic rings. The molecule has 3 aromatic carbocycles. The standard InChI is InChI=1S/C28H21N3O5/c1-36-27(33)28(17-29)23-15-14-18-8-5-6-13-22(18)30(23)25(24(28)19-9-3-2-4-10-19)26(32)20-11-7-12-21(16-20)31(34)35/h2-16,23-25H,1H3/t23?,24-,25+,28-/m1/s1. The van der Waals surface area contributed by atoms with Gasteiger partial charge in [0, 0.05) is 29.3 Å². The molecule has 0 aromatic heterocycles. The third-order valence-corrected chi connectivity index (χ3v) is 7.02. The number of carbonyl (C=O) groups is 2. The van der Waals surface area contributed by atoms with Crippen LogP contribution in [0.5, 0.6) is 0 Å². The maximum atomic E-state index is 14.2. The van der Waals surface area contributed by atoms with Crippen molar-refractivity contribution in [2.45, 2.75) is 18.0 Å². The van der Waals surface area contributed by atoms with Crippen molar-refractivity contribution in [2.24, 2.45) is 5.41 Å². The minimum Gasteiger partial charge on any atom is -0.468 e. The molecular weight excluding hydrogens is 458 g/mol. The average molecular weight is 479 g/mol. The van der Waals surface area contributed by atoms with Crippen molar-refractivity contribution < 1.29 is 19.2 Å². The molecule has 1 saturated heterocycles. The van der Waals surface area contributed by atoms with Crippen LogP contribution in [0.2, 0.25) is 0 Å². The number of nitro groups is 1. The molecule has 4 atom stereocenters. The van der Waals surface area contributed by atoms with Gasteiger partial charge in [-0.25, -0.2) is 0 Å². The van der Waals surface area contributed by atoms with Crippen LogP contribution in [0.25, 0.3) is 6.08 Å². The lowest BCUT2D eigenvalue weighted by Crippen LogP contribution is -2.46. The molecule has 8 nitrogen and oxygen atoms in total. The summed E-state index contributed by atoms with van der Waals surface area (Å²) in [4.78, 5) is 40.4. The van der Waals surface area contributed by atoms with Gasteiger partial charge in [-0.15, -0.1) is 0 Å². The number of ketones is 1. The Morgan fingerprint density at radius 1 is 1.06 bits per heavy atom. The number of methoxy groups -OCH3 is 1. The van der Waals surface area contributed by atoms with E-state index in [0.717, 1.165) is 5.56 Å². The molecule has 8 heteroatoms. The number of hydrogen-bond donors (Lipinski definition) is 0. The summed E-state index contributed by atoms with van der Waals surface area (Å²) >= 11 is 0. The predicted molar refractivity (Wildman–Crippen MR) is 132 cm³/mol. The molecule has 1 fully saturated rings. The highest BCUT2D eigenvalue weighted by Gasteiger charge is 2.67. The van der Waals surface area contributed by atoms with Crippen molar-refractivity contribution in [3.05, 3.63) is 112 Å². The van der Waals surface area contributed by atoms with Crippen LogP contribution in [0, 0.1) is 26.9 Å². The zero-order valence-electron chi connectivity index (χ0n) is 19.3. The fraction of sp³-hybridized carbons (Fsp3) is 0.179. The van der Waals surface area contributed by atoms with Gasteiger partial charge in [0.25, 0.3) is 5.69 Å². The van der Waals surface area contributed by atoms with Crippen molar-refractivity contribution in [3.63, 3.8) is 0 Å². The highest BCUT2D eigenvalue weighted by Crippen LogP contribution is 2.56. The minimum atomic E-state index is -1.75. The van der Waals surface area contributed by atoms with Crippen LogP contribution in [-0.2, 0) is 9.53 Å². The number of nitrogens with zero attached hydrogens (tertiary/aromatic N) is 3. The van der Waals surface area contributed by atoms with Gasteiger partial charge in [0.1, 0.15) is 6.04 Å². The molecule has 3 aromatic rings. The normalized spacial score (nSPS) is 23.8. The van der Waals surface area contributed by atoms with E-state index in [1.807, 2.05) is 36.4 Å². The van der Waals surface area contributed by atoms with Gasteiger partial charge >= 0.3 is 5.97 Å². The number of nitriles is 1. The predicted octanol–water partition coefficient (Wildman–Crippen LogP) is 4.53. The Labute approximate surface area is 207 Å². The summed E-state index contributed by atoms with van der Waals surface area (Å²) in [5.41, 5.74) is 0.297. The molecule has 36 heavy (non-hydrogen) atoms. The first-order valence-electron chi connectivity index (χ1n) is 11.3. The molecule has 2 heterocycles. The lowest BCUT2D eigenvalue weighted by Gasteiger charge is -2.36. The molecule has 2 aliphatic heterocycles. The summed E-state index contributed by atoms with van der Waals surface area (Å²) in [6.07, 6.45) is 3.60. The van der Waals surface area contributed by atoms with E-state index in [1.165, 1.54) is 31.4 Å². The number of ether oxygens (including phenoxy) is 1. The SMILES string of the molecule is COC(=O)[C@]1(C#N)C2C=Cc3ccccc3N2[C@H](C(=O)c2cccc([N+](=O)[O-])c2)[C@H]1c1ccccc1. The first-order chi connectivity index (χ1) is 17.4. The number of carbonyl (C=O) groups excluding carboxylic acids is 2. The molecule has 1 unspecified atom stereocenters. The zero-order valence-corrected chi connectivity index (χ0v) is 19.3. The summed E-state index contributed by atoms with van der Waals surface area (Å²) < 4.78 is 5.18. The number of rotatable bonds is 5. The summed E-state index contributed by atoms with van der Waals surface area (Å²) in [6, 6.07) is 22.3. The molecule has 0 N–H and O–H groups in total. The van der Waals surface area contributed by atoms with Crippen molar-refractivity contribution in [1.82, 2.24) is 0 Å². The number of fused-ring (bicyclic) bond motifs is 3. The largest absolute Gasteiger partial charge is 0.468 e. The maximum absolute atomic E-state index is 14.2. The second kappa shape index (κ2) is 8.78. The number of anilines is 1. The molecule has 0 aliphatic carbocycles. The van der Waals surface area contributed by atoms with Gasteiger partial charge < -0.3 is 9.64 Å². The van der Waals surface area contributed by atoms with Gasteiger partial charge in [0.05, 0.1) is 24.1 Å². The van der Waals surface area contributed by atoms with E-state index in [-0.39, 0.29) is 11.3 Å². The molecule has 0 bridgehead atoms. The van der Waals surface area contributed by atoms with Crippen molar-refractivity contribution >= 4 is 29.2 Å². The summed E-state index contributed by atoms with van der Waals surface area (Å²) in [5.74, 6) is -2.08. The Balaban J connectivity index is 1.80. The first-order valence-corrected chi connectivity index (χ1v) is 11.3. The number of Topliss-reactive ketones (excluding diaryl/α,β-unsaturated/α-hetero) is 1. The first kappa shape index (κ1) is 23.0. The molecule has 0 amide bonds.